The lowest BCUT2D eigenvalue weighted by molar-refractivity contribution is 0.231. The predicted octanol–water partition coefficient (Wildman–Crippen LogP) is 1.69. The first-order valence-electron chi connectivity index (χ1n) is 6.16. The predicted molar refractivity (Wildman–Crippen MR) is 64.9 cm³/mol. The second-order valence-corrected chi connectivity index (χ2v) is 5.61. The molecule has 0 aromatic heterocycles. The van der Waals surface area contributed by atoms with E-state index in [2.05, 4.69) is 43.1 Å². The third-order valence-electron chi connectivity index (χ3n) is 3.89. The van der Waals surface area contributed by atoms with Gasteiger partial charge in [0.25, 0.3) is 0 Å². The maximum atomic E-state index is 2.50. The van der Waals surface area contributed by atoms with E-state index in [4.69, 9.17) is 0 Å². The largest absolute Gasteiger partial charge is 0.308 e. The van der Waals surface area contributed by atoms with Gasteiger partial charge in [-0.05, 0) is 51.7 Å². The molecule has 86 valence electrons. The summed E-state index contributed by atoms with van der Waals surface area (Å²) in [5.74, 6) is 2.76. The summed E-state index contributed by atoms with van der Waals surface area (Å²) < 4.78 is 0. The highest BCUT2D eigenvalue weighted by Gasteiger charge is 2.35. The van der Waals surface area contributed by atoms with Gasteiger partial charge in [-0.15, -0.1) is 0 Å². The smallest absolute Gasteiger partial charge is 0.0106 e. The van der Waals surface area contributed by atoms with Gasteiger partial charge in [0.05, 0.1) is 0 Å². The SMILES string of the molecule is CN(C)CCN(C)C[C@@H]1C[C@@H]2C=C[C@H]1C2. The third-order valence-corrected chi connectivity index (χ3v) is 3.89. The fraction of sp³-hybridized carbons (Fsp3) is 0.846. The van der Waals surface area contributed by atoms with E-state index in [1.54, 1.807) is 0 Å². The minimum Gasteiger partial charge on any atom is -0.308 e. The maximum absolute atomic E-state index is 2.50. The Kier molecular flexibility index (Phi) is 3.47. The van der Waals surface area contributed by atoms with Crippen molar-refractivity contribution in [2.45, 2.75) is 12.8 Å². The standard InChI is InChI=1S/C13H24N2/c1-14(2)6-7-15(3)10-13-9-11-4-5-12(13)8-11/h4-5,11-13H,6-10H2,1-3H3/t11-,12+,13+/m1/s1. The summed E-state index contributed by atoms with van der Waals surface area (Å²) in [5, 5.41) is 0. The molecule has 0 heterocycles. The molecule has 0 amide bonds. The molecule has 2 nitrogen and oxygen atoms in total. The van der Waals surface area contributed by atoms with Crippen LogP contribution in [0.15, 0.2) is 12.2 Å². The van der Waals surface area contributed by atoms with E-state index in [1.807, 2.05) is 0 Å². The molecule has 1 fully saturated rings. The number of rotatable bonds is 5. The molecule has 0 aromatic rings. The Balaban J connectivity index is 1.71. The fourth-order valence-electron chi connectivity index (χ4n) is 2.97. The van der Waals surface area contributed by atoms with Gasteiger partial charge in [0.2, 0.25) is 0 Å². The second kappa shape index (κ2) is 4.67. The molecule has 0 aromatic carbocycles. The van der Waals surface area contributed by atoms with Crippen LogP contribution in [0.2, 0.25) is 0 Å². The van der Waals surface area contributed by atoms with Crippen LogP contribution in [-0.2, 0) is 0 Å². The first kappa shape index (κ1) is 11.2. The average molecular weight is 208 g/mol. The van der Waals surface area contributed by atoms with Crippen LogP contribution in [0.1, 0.15) is 12.8 Å². The highest BCUT2D eigenvalue weighted by Crippen LogP contribution is 2.43. The maximum Gasteiger partial charge on any atom is 0.0106 e. The van der Waals surface area contributed by atoms with Gasteiger partial charge in [0, 0.05) is 19.6 Å². The van der Waals surface area contributed by atoms with Crippen LogP contribution in [0, 0.1) is 17.8 Å². The lowest BCUT2D eigenvalue weighted by Crippen LogP contribution is -2.33. The summed E-state index contributed by atoms with van der Waals surface area (Å²) >= 11 is 0. The minimum absolute atomic E-state index is 0.900. The average Bonchev–Trinajstić information content (AvgIpc) is 2.76. The molecular weight excluding hydrogens is 184 g/mol. The topological polar surface area (TPSA) is 6.48 Å². The molecule has 2 bridgehead atoms. The number of fused-ring (bicyclic) bond motifs is 2. The molecule has 0 unspecified atom stereocenters. The molecule has 1 saturated carbocycles. The molecule has 0 saturated heterocycles. The zero-order valence-electron chi connectivity index (χ0n) is 10.3. The summed E-state index contributed by atoms with van der Waals surface area (Å²) in [6, 6.07) is 0. The quantitative estimate of drug-likeness (QED) is 0.634. The molecule has 3 atom stereocenters. The van der Waals surface area contributed by atoms with Crippen LogP contribution in [0.25, 0.3) is 0 Å². The van der Waals surface area contributed by atoms with Crippen LogP contribution in [0.5, 0.6) is 0 Å². The Morgan fingerprint density at radius 3 is 2.40 bits per heavy atom. The van der Waals surface area contributed by atoms with Crippen LogP contribution >= 0.6 is 0 Å². The Morgan fingerprint density at radius 2 is 1.87 bits per heavy atom. The van der Waals surface area contributed by atoms with Gasteiger partial charge in [-0.25, -0.2) is 0 Å². The van der Waals surface area contributed by atoms with Crippen molar-refractivity contribution >= 4 is 0 Å². The van der Waals surface area contributed by atoms with Crippen molar-refractivity contribution in [1.29, 1.82) is 0 Å². The van der Waals surface area contributed by atoms with Gasteiger partial charge in [0.1, 0.15) is 0 Å². The summed E-state index contributed by atoms with van der Waals surface area (Å²) in [4.78, 5) is 4.76. The molecule has 0 N–H and O–H groups in total. The molecule has 15 heavy (non-hydrogen) atoms. The number of hydrogen-bond donors (Lipinski definition) is 0. The first-order chi connectivity index (χ1) is 7.15. The Morgan fingerprint density at radius 1 is 1.07 bits per heavy atom. The lowest BCUT2D eigenvalue weighted by atomic mass is 9.93. The zero-order chi connectivity index (χ0) is 10.8. The van der Waals surface area contributed by atoms with Gasteiger partial charge in [0.15, 0.2) is 0 Å². The van der Waals surface area contributed by atoms with Crippen molar-refractivity contribution in [1.82, 2.24) is 9.80 Å². The van der Waals surface area contributed by atoms with Gasteiger partial charge in [-0.2, -0.15) is 0 Å². The molecule has 2 rings (SSSR count). The summed E-state index contributed by atoms with van der Waals surface area (Å²) in [7, 11) is 6.56. The van der Waals surface area contributed by atoms with Crippen LogP contribution in [0.3, 0.4) is 0 Å². The molecule has 0 spiro atoms. The Bertz CT molecular complexity index is 235. The van der Waals surface area contributed by atoms with Crippen LogP contribution in [0.4, 0.5) is 0 Å². The first-order valence-corrected chi connectivity index (χ1v) is 6.16. The highest BCUT2D eigenvalue weighted by atomic mass is 15.1. The van der Waals surface area contributed by atoms with E-state index in [0.29, 0.717) is 0 Å². The van der Waals surface area contributed by atoms with Crippen molar-refractivity contribution in [3.8, 4) is 0 Å². The molecular formula is C13H24N2. The van der Waals surface area contributed by atoms with Crippen molar-refractivity contribution in [2.75, 3.05) is 40.8 Å². The van der Waals surface area contributed by atoms with E-state index in [0.717, 1.165) is 17.8 Å². The lowest BCUT2D eigenvalue weighted by Gasteiger charge is -2.26. The van der Waals surface area contributed by atoms with Crippen molar-refractivity contribution in [3.63, 3.8) is 0 Å². The van der Waals surface area contributed by atoms with E-state index >= 15 is 0 Å². The van der Waals surface area contributed by atoms with Crippen molar-refractivity contribution in [3.05, 3.63) is 12.2 Å². The molecule has 0 radical (unpaired) electrons. The van der Waals surface area contributed by atoms with E-state index < -0.39 is 0 Å². The number of likely N-dealkylation sites (N-methyl/N-ethyl adjacent to an activating group) is 2. The van der Waals surface area contributed by atoms with Gasteiger partial charge >= 0.3 is 0 Å². The second-order valence-electron chi connectivity index (χ2n) is 5.61. The van der Waals surface area contributed by atoms with Gasteiger partial charge in [-0.3, -0.25) is 0 Å². The van der Waals surface area contributed by atoms with Gasteiger partial charge < -0.3 is 9.80 Å². The molecule has 0 aliphatic heterocycles. The molecule has 2 aliphatic carbocycles. The van der Waals surface area contributed by atoms with Crippen molar-refractivity contribution in [2.24, 2.45) is 17.8 Å². The van der Waals surface area contributed by atoms with Crippen molar-refractivity contribution < 1.29 is 0 Å². The Hall–Kier alpha value is -0.340. The summed E-state index contributed by atoms with van der Waals surface area (Å²) in [6.45, 7) is 3.66. The fourth-order valence-corrected chi connectivity index (χ4v) is 2.97. The number of allylic oxidation sites excluding steroid dienone is 2. The summed E-state index contributed by atoms with van der Waals surface area (Å²) in [5.41, 5.74) is 0. The van der Waals surface area contributed by atoms with Crippen LogP contribution < -0.4 is 0 Å². The molecule has 2 aliphatic rings. The Labute approximate surface area is 93.9 Å². The number of nitrogens with zero attached hydrogens (tertiary/aromatic N) is 2. The summed E-state index contributed by atoms with van der Waals surface area (Å²) in [6.07, 6.45) is 7.76. The van der Waals surface area contributed by atoms with E-state index in [-0.39, 0.29) is 0 Å². The monoisotopic (exact) mass is 208 g/mol. The third kappa shape index (κ3) is 2.82. The van der Waals surface area contributed by atoms with E-state index in [1.165, 1.54) is 32.5 Å². The molecule has 2 heteroatoms. The minimum atomic E-state index is 0.900. The zero-order valence-corrected chi connectivity index (χ0v) is 10.3. The van der Waals surface area contributed by atoms with E-state index in [9.17, 15) is 0 Å². The normalized spacial score (nSPS) is 33.5. The highest BCUT2D eigenvalue weighted by molar-refractivity contribution is 5.10. The van der Waals surface area contributed by atoms with Gasteiger partial charge in [-0.1, -0.05) is 12.2 Å². The van der Waals surface area contributed by atoms with Crippen LogP contribution in [-0.4, -0.2) is 50.6 Å². The number of hydrogen-bond acceptors (Lipinski definition) is 2.